The van der Waals surface area contributed by atoms with Gasteiger partial charge in [-0.25, -0.2) is 0 Å². The van der Waals surface area contributed by atoms with Crippen LogP contribution < -0.4 is 10.1 Å². The summed E-state index contributed by atoms with van der Waals surface area (Å²) in [5.74, 6) is 2.06. The van der Waals surface area contributed by atoms with E-state index < -0.39 is 0 Å². The standard InChI is InChI=1S/C21H26N2O4/c1-25-17-5-2-4-15(10-17)13-23-8-7-16-11-19(27-20(16)14-23)21(24)22-12-18-6-3-9-26-18/h2-6,9-10,16,19-20H,7-8,11-14H2,1H3,(H,22,24)/t16-,19+,20+/m1/s1. The normalized spacial score (nSPS) is 25.1. The molecule has 2 aliphatic rings. The van der Waals surface area contributed by atoms with Crippen molar-refractivity contribution in [2.75, 3.05) is 20.2 Å². The van der Waals surface area contributed by atoms with E-state index in [4.69, 9.17) is 13.9 Å². The maximum atomic E-state index is 12.4. The Hall–Kier alpha value is -2.31. The molecule has 144 valence electrons. The van der Waals surface area contributed by atoms with Crippen LogP contribution in [0.15, 0.2) is 47.1 Å². The molecule has 1 amide bonds. The Balaban J connectivity index is 1.29. The lowest BCUT2D eigenvalue weighted by Crippen LogP contribution is -2.42. The summed E-state index contributed by atoms with van der Waals surface area (Å²) in [6.45, 7) is 3.18. The zero-order valence-electron chi connectivity index (χ0n) is 15.6. The van der Waals surface area contributed by atoms with Crippen LogP contribution in [-0.4, -0.2) is 43.2 Å². The van der Waals surface area contributed by atoms with Crippen LogP contribution in [0.4, 0.5) is 0 Å². The van der Waals surface area contributed by atoms with Gasteiger partial charge in [-0.1, -0.05) is 12.1 Å². The molecule has 2 fully saturated rings. The van der Waals surface area contributed by atoms with Crippen molar-refractivity contribution in [2.24, 2.45) is 5.92 Å². The van der Waals surface area contributed by atoms with Gasteiger partial charge in [0, 0.05) is 13.1 Å². The number of carbonyl (C=O) groups is 1. The van der Waals surface area contributed by atoms with Crippen molar-refractivity contribution in [3.8, 4) is 5.75 Å². The van der Waals surface area contributed by atoms with Crippen molar-refractivity contribution in [1.29, 1.82) is 0 Å². The molecular weight excluding hydrogens is 344 g/mol. The number of benzene rings is 1. The zero-order chi connectivity index (χ0) is 18.6. The fourth-order valence-electron chi connectivity index (χ4n) is 4.04. The molecule has 0 bridgehead atoms. The van der Waals surface area contributed by atoms with E-state index in [0.29, 0.717) is 12.5 Å². The number of hydrogen-bond donors (Lipinski definition) is 1. The van der Waals surface area contributed by atoms with Gasteiger partial charge >= 0.3 is 0 Å². The summed E-state index contributed by atoms with van der Waals surface area (Å²) in [4.78, 5) is 14.8. The summed E-state index contributed by atoms with van der Waals surface area (Å²) in [5.41, 5.74) is 1.23. The largest absolute Gasteiger partial charge is 0.497 e. The van der Waals surface area contributed by atoms with Gasteiger partial charge in [0.05, 0.1) is 26.0 Å². The molecule has 0 unspecified atom stereocenters. The van der Waals surface area contributed by atoms with Crippen LogP contribution in [0, 0.1) is 5.92 Å². The molecule has 1 aromatic carbocycles. The highest BCUT2D eigenvalue weighted by atomic mass is 16.5. The molecule has 0 spiro atoms. The highest BCUT2D eigenvalue weighted by Gasteiger charge is 2.41. The van der Waals surface area contributed by atoms with Crippen LogP contribution in [0.1, 0.15) is 24.2 Å². The van der Waals surface area contributed by atoms with Gasteiger partial charge in [0.2, 0.25) is 5.91 Å². The number of carbonyl (C=O) groups excluding carboxylic acids is 1. The Morgan fingerprint density at radius 1 is 1.33 bits per heavy atom. The van der Waals surface area contributed by atoms with E-state index in [2.05, 4.69) is 22.3 Å². The highest BCUT2D eigenvalue weighted by Crippen LogP contribution is 2.34. The Kier molecular flexibility index (Phi) is 5.45. The topological polar surface area (TPSA) is 63.9 Å². The van der Waals surface area contributed by atoms with E-state index in [1.54, 1.807) is 13.4 Å². The predicted molar refractivity (Wildman–Crippen MR) is 100 cm³/mol. The molecule has 27 heavy (non-hydrogen) atoms. The average Bonchev–Trinajstić information content (AvgIpc) is 3.35. The van der Waals surface area contributed by atoms with Gasteiger partial charge in [-0.2, -0.15) is 0 Å². The Morgan fingerprint density at radius 3 is 3.07 bits per heavy atom. The SMILES string of the molecule is COc1cccc(CN2CC[C@@H]3C[C@@H](C(=O)NCc4ccco4)O[C@H]3C2)c1. The summed E-state index contributed by atoms with van der Waals surface area (Å²) in [5, 5.41) is 2.92. The molecule has 2 aliphatic heterocycles. The van der Waals surface area contributed by atoms with Crippen LogP contribution in [0.25, 0.3) is 0 Å². The molecule has 0 aliphatic carbocycles. The fraction of sp³-hybridized carbons (Fsp3) is 0.476. The third-order valence-electron chi connectivity index (χ3n) is 5.49. The first kappa shape index (κ1) is 18.1. The zero-order valence-corrected chi connectivity index (χ0v) is 15.6. The van der Waals surface area contributed by atoms with E-state index in [9.17, 15) is 4.79 Å². The molecule has 2 aromatic rings. The number of fused-ring (bicyclic) bond motifs is 1. The Bertz CT molecular complexity index is 761. The van der Waals surface area contributed by atoms with E-state index in [0.717, 1.165) is 44.0 Å². The van der Waals surface area contributed by atoms with Gasteiger partial charge in [0.1, 0.15) is 17.6 Å². The molecule has 0 radical (unpaired) electrons. The minimum absolute atomic E-state index is 0.0415. The number of nitrogens with one attached hydrogen (secondary N) is 1. The minimum atomic E-state index is -0.355. The van der Waals surface area contributed by atoms with Crippen molar-refractivity contribution in [3.63, 3.8) is 0 Å². The maximum Gasteiger partial charge on any atom is 0.249 e. The number of amides is 1. The Labute approximate surface area is 159 Å². The second kappa shape index (κ2) is 8.15. The van der Waals surface area contributed by atoms with Crippen LogP contribution >= 0.6 is 0 Å². The summed E-state index contributed by atoms with van der Waals surface area (Å²) in [6, 6.07) is 11.8. The average molecular weight is 370 g/mol. The highest BCUT2D eigenvalue weighted by molar-refractivity contribution is 5.81. The van der Waals surface area contributed by atoms with Crippen LogP contribution in [0.5, 0.6) is 5.75 Å². The smallest absolute Gasteiger partial charge is 0.249 e. The lowest BCUT2D eigenvalue weighted by molar-refractivity contribution is -0.133. The van der Waals surface area contributed by atoms with Gasteiger partial charge in [0.15, 0.2) is 0 Å². The third kappa shape index (κ3) is 4.34. The number of hydrogen-bond acceptors (Lipinski definition) is 5. The van der Waals surface area contributed by atoms with Crippen molar-refractivity contribution in [2.45, 2.75) is 38.1 Å². The monoisotopic (exact) mass is 370 g/mol. The number of furan rings is 1. The maximum absolute atomic E-state index is 12.4. The molecule has 2 saturated heterocycles. The lowest BCUT2D eigenvalue weighted by Gasteiger charge is -2.34. The van der Waals surface area contributed by atoms with Gasteiger partial charge in [0.25, 0.3) is 0 Å². The molecular formula is C21H26N2O4. The van der Waals surface area contributed by atoms with E-state index >= 15 is 0 Å². The molecule has 6 nitrogen and oxygen atoms in total. The summed E-state index contributed by atoms with van der Waals surface area (Å²) in [6.07, 6.45) is 3.26. The van der Waals surface area contributed by atoms with Crippen LogP contribution in [0.3, 0.4) is 0 Å². The number of nitrogens with zero attached hydrogens (tertiary/aromatic N) is 1. The number of ether oxygens (including phenoxy) is 2. The molecule has 1 N–H and O–H groups in total. The second-order valence-corrected chi connectivity index (χ2v) is 7.33. The quantitative estimate of drug-likeness (QED) is 0.847. The molecule has 3 atom stereocenters. The van der Waals surface area contributed by atoms with Crippen molar-refractivity contribution in [1.82, 2.24) is 10.2 Å². The molecule has 3 heterocycles. The van der Waals surface area contributed by atoms with Crippen LogP contribution in [0.2, 0.25) is 0 Å². The predicted octanol–water partition coefficient (Wildman–Crippen LogP) is 2.58. The van der Waals surface area contributed by atoms with Gasteiger partial charge in [-0.15, -0.1) is 0 Å². The second-order valence-electron chi connectivity index (χ2n) is 7.33. The first-order valence-electron chi connectivity index (χ1n) is 9.52. The summed E-state index contributed by atoms with van der Waals surface area (Å²) < 4.78 is 16.7. The molecule has 6 heteroatoms. The van der Waals surface area contributed by atoms with Gasteiger partial charge in [-0.3, -0.25) is 9.69 Å². The lowest BCUT2D eigenvalue weighted by atomic mass is 9.91. The van der Waals surface area contributed by atoms with E-state index in [-0.39, 0.29) is 18.1 Å². The van der Waals surface area contributed by atoms with Gasteiger partial charge in [-0.05, 0) is 55.1 Å². The molecule has 1 aromatic heterocycles. The van der Waals surface area contributed by atoms with Crippen molar-refractivity contribution >= 4 is 5.91 Å². The first-order chi connectivity index (χ1) is 13.2. The number of rotatable bonds is 6. The summed E-state index contributed by atoms with van der Waals surface area (Å²) >= 11 is 0. The van der Waals surface area contributed by atoms with E-state index in [1.807, 2.05) is 24.3 Å². The third-order valence-corrected chi connectivity index (χ3v) is 5.49. The van der Waals surface area contributed by atoms with Crippen molar-refractivity contribution < 1.29 is 18.7 Å². The van der Waals surface area contributed by atoms with Crippen LogP contribution in [-0.2, 0) is 22.6 Å². The number of piperidine rings is 1. The first-order valence-corrected chi connectivity index (χ1v) is 9.52. The summed E-state index contributed by atoms with van der Waals surface area (Å²) in [7, 11) is 1.69. The number of likely N-dealkylation sites (tertiary alicyclic amines) is 1. The minimum Gasteiger partial charge on any atom is -0.497 e. The van der Waals surface area contributed by atoms with Gasteiger partial charge < -0.3 is 19.2 Å². The number of methoxy groups -OCH3 is 1. The molecule has 0 saturated carbocycles. The Morgan fingerprint density at radius 2 is 2.26 bits per heavy atom. The fourth-order valence-corrected chi connectivity index (χ4v) is 4.04. The van der Waals surface area contributed by atoms with E-state index in [1.165, 1.54) is 5.56 Å². The van der Waals surface area contributed by atoms with Crippen molar-refractivity contribution in [3.05, 3.63) is 54.0 Å². The molecule has 4 rings (SSSR count).